The van der Waals surface area contributed by atoms with Gasteiger partial charge in [-0.15, -0.1) is 0 Å². The third-order valence-electron chi connectivity index (χ3n) is 2.18. The van der Waals surface area contributed by atoms with Crippen molar-refractivity contribution in [2.75, 3.05) is 6.54 Å². The molecule has 3 nitrogen and oxygen atoms in total. The zero-order valence-corrected chi connectivity index (χ0v) is 7.72. The lowest BCUT2D eigenvalue weighted by molar-refractivity contribution is 0.182. The van der Waals surface area contributed by atoms with E-state index in [0.29, 0.717) is 5.69 Å². The highest BCUT2D eigenvalue weighted by atomic mass is 16.3. The monoisotopic (exact) mass is 188 g/mol. The molecule has 0 saturated heterocycles. The summed E-state index contributed by atoms with van der Waals surface area (Å²) < 4.78 is 0. The molecule has 0 radical (unpaired) electrons. The molecule has 1 heterocycles. The Morgan fingerprint density at radius 1 is 1.21 bits per heavy atom. The zero-order valence-electron chi connectivity index (χ0n) is 7.72. The SMILES string of the molecule is NC[C@H](O)c1ccc2ccccc2n1. The van der Waals surface area contributed by atoms with Crippen LogP contribution in [0, 0.1) is 0 Å². The molecule has 0 unspecified atom stereocenters. The fourth-order valence-corrected chi connectivity index (χ4v) is 1.39. The largest absolute Gasteiger partial charge is 0.385 e. The summed E-state index contributed by atoms with van der Waals surface area (Å²) in [5, 5.41) is 10.6. The second-order valence-electron chi connectivity index (χ2n) is 3.18. The molecule has 1 aromatic heterocycles. The number of aliphatic hydroxyl groups excluding tert-OH is 1. The minimum Gasteiger partial charge on any atom is -0.385 e. The number of fused-ring (bicyclic) bond motifs is 1. The minimum absolute atomic E-state index is 0.200. The van der Waals surface area contributed by atoms with Gasteiger partial charge in [0.25, 0.3) is 0 Å². The number of nitrogens with zero attached hydrogens (tertiary/aromatic N) is 1. The van der Waals surface area contributed by atoms with Crippen LogP contribution in [0.5, 0.6) is 0 Å². The molecule has 0 aliphatic heterocycles. The van der Waals surface area contributed by atoms with Crippen LogP contribution >= 0.6 is 0 Å². The van der Waals surface area contributed by atoms with E-state index in [1.807, 2.05) is 30.3 Å². The Labute approximate surface area is 82.2 Å². The molecule has 0 bridgehead atoms. The smallest absolute Gasteiger partial charge is 0.108 e. The third-order valence-corrected chi connectivity index (χ3v) is 2.18. The van der Waals surface area contributed by atoms with Crippen molar-refractivity contribution >= 4 is 10.9 Å². The Hall–Kier alpha value is -1.45. The van der Waals surface area contributed by atoms with E-state index in [1.165, 1.54) is 0 Å². The van der Waals surface area contributed by atoms with Gasteiger partial charge in [-0.1, -0.05) is 24.3 Å². The van der Waals surface area contributed by atoms with Crippen LogP contribution in [0.25, 0.3) is 10.9 Å². The van der Waals surface area contributed by atoms with Crippen LogP contribution in [0.1, 0.15) is 11.8 Å². The lowest BCUT2D eigenvalue weighted by Gasteiger charge is -2.07. The molecule has 0 fully saturated rings. The van der Waals surface area contributed by atoms with Crippen molar-refractivity contribution in [3.05, 3.63) is 42.1 Å². The summed E-state index contributed by atoms with van der Waals surface area (Å²) in [6, 6.07) is 11.5. The molecule has 0 amide bonds. The van der Waals surface area contributed by atoms with E-state index >= 15 is 0 Å². The fourth-order valence-electron chi connectivity index (χ4n) is 1.39. The van der Waals surface area contributed by atoms with Crippen LogP contribution in [0.4, 0.5) is 0 Å². The summed E-state index contributed by atoms with van der Waals surface area (Å²) in [7, 11) is 0. The number of hydrogen-bond donors (Lipinski definition) is 2. The van der Waals surface area contributed by atoms with Gasteiger partial charge in [-0.2, -0.15) is 0 Å². The number of benzene rings is 1. The Bertz CT molecular complexity index is 442. The molecule has 14 heavy (non-hydrogen) atoms. The molecular weight excluding hydrogens is 176 g/mol. The Morgan fingerprint density at radius 2 is 2.00 bits per heavy atom. The molecule has 1 atom stereocenters. The first kappa shape index (κ1) is 9.12. The molecule has 0 saturated carbocycles. The molecule has 1 aromatic carbocycles. The maximum absolute atomic E-state index is 9.50. The van der Waals surface area contributed by atoms with Crippen molar-refractivity contribution in [1.29, 1.82) is 0 Å². The molecule has 0 aliphatic rings. The van der Waals surface area contributed by atoms with Crippen molar-refractivity contribution in [2.45, 2.75) is 6.10 Å². The van der Waals surface area contributed by atoms with E-state index < -0.39 is 6.10 Å². The molecule has 72 valence electrons. The summed E-state index contributed by atoms with van der Waals surface area (Å²) in [6.07, 6.45) is -0.667. The standard InChI is InChI=1S/C11H12N2O/c12-7-11(14)10-6-5-8-3-1-2-4-9(8)13-10/h1-6,11,14H,7,12H2/t11-/m0/s1. The van der Waals surface area contributed by atoms with E-state index in [-0.39, 0.29) is 6.54 Å². The first-order valence-electron chi connectivity index (χ1n) is 4.55. The molecule has 3 heteroatoms. The Balaban J connectivity index is 2.51. The highest BCUT2D eigenvalue weighted by Gasteiger charge is 2.06. The lowest BCUT2D eigenvalue weighted by atomic mass is 10.1. The summed E-state index contributed by atoms with van der Waals surface area (Å²) in [5.41, 5.74) is 6.88. The van der Waals surface area contributed by atoms with Gasteiger partial charge in [0.05, 0.1) is 11.2 Å². The van der Waals surface area contributed by atoms with E-state index in [4.69, 9.17) is 5.73 Å². The van der Waals surface area contributed by atoms with E-state index in [0.717, 1.165) is 10.9 Å². The van der Waals surface area contributed by atoms with Gasteiger partial charge in [-0.3, -0.25) is 4.98 Å². The fraction of sp³-hybridized carbons (Fsp3) is 0.182. The van der Waals surface area contributed by atoms with E-state index in [9.17, 15) is 5.11 Å². The highest BCUT2D eigenvalue weighted by Crippen LogP contribution is 2.15. The minimum atomic E-state index is -0.667. The number of nitrogens with two attached hydrogens (primary N) is 1. The van der Waals surface area contributed by atoms with Gasteiger partial charge in [-0.05, 0) is 12.1 Å². The van der Waals surface area contributed by atoms with Crippen LogP contribution < -0.4 is 5.73 Å². The number of rotatable bonds is 2. The number of pyridine rings is 1. The van der Waals surface area contributed by atoms with Gasteiger partial charge < -0.3 is 10.8 Å². The molecule has 3 N–H and O–H groups in total. The summed E-state index contributed by atoms with van der Waals surface area (Å²) in [5.74, 6) is 0. The molecular formula is C11H12N2O. The molecule has 2 aromatic rings. The van der Waals surface area contributed by atoms with Crippen LogP contribution in [-0.2, 0) is 0 Å². The van der Waals surface area contributed by atoms with Crippen molar-refractivity contribution in [1.82, 2.24) is 4.98 Å². The lowest BCUT2D eigenvalue weighted by Crippen LogP contribution is -2.12. The second-order valence-corrected chi connectivity index (χ2v) is 3.18. The number of para-hydroxylation sites is 1. The van der Waals surface area contributed by atoms with E-state index in [2.05, 4.69) is 4.98 Å². The highest BCUT2D eigenvalue weighted by molar-refractivity contribution is 5.78. The topological polar surface area (TPSA) is 59.1 Å². The predicted molar refractivity (Wildman–Crippen MR) is 55.8 cm³/mol. The molecule has 0 spiro atoms. The maximum atomic E-state index is 9.50. The Kier molecular flexibility index (Phi) is 2.43. The maximum Gasteiger partial charge on any atom is 0.108 e. The summed E-state index contributed by atoms with van der Waals surface area (Å²) in [6.45, 7) is 0.200. The van der Waals surface area contributed by atoms with Crippen molar-refractivity contribution in [3.63, 3.8) is 0 Å². The van der Waals surface area contributed by atoms with Crippen molar-refractivity contribution in [3.8, 4) is 0 Å². The average molecular weight is 188 g/mol. The molecule has 2 rings (SSSR count). The van der Waals surface area contributed by atoms with E-state index in [1.54, 1.807) is 6.07 Å². The van der Waals surface area contributed by atoms with Gasteiger partial charge in [0.1, 0.15) is 6.10 Å². The number of aliphatic hydroxyl groups is 1. The van der Waals surface area contributed by atoms with Gasteiger partial charge in [0.2, 0.25) is 0 Å². The van der Waals surface area contributed by atoms with Gasteiger partial charge in [-0.25, -0.2) is 0 Å². The summed E-state index contributed by atoms with van der Waals surface area (Å²) in [4.78, 5) is 4.32. The van der Waals surface area contributed by atoms with Crippen molar-refractivity contribution < 1.29 is 5.11 Å². The van der Waals surface area contributed by atoms with Crippen LogP contribution in [0.15, 0.2) is 36.4 Å². The van der Waals surface area contributed by atoms with Crippen LogP contribution in [-0.4, -0.2) is 16.6 Å². The first-order valence-corrected chi connectivity index (χ1v) is 4.55. The first-order chi connectivity index (χ1) is 6.81. The van der Waals surface area contributed by atoms with Gasteiger partial charge in [0.15, 0.2) is 0 Å². The van der Waals surface area contributed by atoms with Gasteiger partial charge >= 0.3 is 0 Å². The number of aromatic nitrogens is 1. The van der Waals surface area contributed by atoms with Gasteiger partial charge in [0, 0.05) is 11.9 Å². The quantitative estimate of drug-likeness (QED) is 0.745. The summed E-state index contributed by atoms with van der Waals surface area (Å²) >= 11 is 0. The van der Waals surface area contributed by atoms with Crippen molar-refractivity contribution in [2.24, 2.45) is 5.73 Å². The number of hydrogen-bond acceptors (Lipinski definition) is 3. The zero-order chi connectivity index (χ0) is 9.97. The second kappa shape index (κ2) is 3.74. The third kappa shape index (κ3) is 1.60. The normalized spacial score (nSPS) is 13.0. The average Bonchev–Trinajstić information content (AvgIpc) is 2.27. The Morgan fingerprint density at radius 3 is 2.79 bits per heavy atom. The molecule has 0 aliphatic carbocycles. The van der Waals surface area contributed by atoms with Crippen LogP contribution in [0.2, 0.25) is 0 Å². The predicted octanol–water partition coefficient (Wildman–Crippen LogP) is 1.23. The van der Waals surface area contributed by atoms with Crippen LogP contribution in [0.3, 0.4) is 0 Å².